The normalized spacial score (nSPS) is 12.7. The molecule has 8 nitrogen and oxygen atoms in total. The van der Waals surface area contributed by atoms with Crippen LogP contribution in [0.2, 0.25) is 0 Å². The first-order valence-electron chi connectivity index (χ1n) is 5.51. The van der Waals surface area contributed by atoms with E-state index >= 15 is 0 Å². The summed E-state index contributed by atoms with van der Waals surface area (Å²) in [4.78, 5) is 21.1. The van der Waals surface area contributed by atoms with Crippen molar-refractivity contribution in [3.63, 3.8) is 0 Å². The van der Waals surface area contributed by atoms with Gasteiger partial charge in [-0.15, -0.1) is 0 Å². The fourth-order valence-electron chi connectivity index (χ4n) is 1.34. The number of hydrogen-bond acceptors (Lipinski definition) is 4. The Morgan fingerprint density at radius 1 is 1.20 bits per heavy atom. The maximum Gasteiger partial charge on any atom is 0.404 e. The Labute approximate surface area is 115 Å². The highest BCUT2D eigenvalue weighted by Crippen LogP contribution is 2.10. The Bertz CT molecular complexity index is 596. The summed E-state index contributed by atoms with van der Waals surface area (Å²) in [5, 5.41) is 19.1. The van der Waals surface area contributed by atoms with Crippen LogP contribution in [0.5, 0.6) is 0 Å². The van der Waals surface area contributed by atoms with E-state index < -0.39 is 34.7 Å². The van der Waals surface area contributed by atoms with Crippen molar-refractivity contribution in [2.75, 3.05) is 6.54 Å². The first-order valence-corrected chi connectivity index (χ1v) is 6.99. The number of aliphatic carboxylic acids is 1. The van der Waals surface area contributed by atoms with Crippen molar-refractivity contribution in [2.45, 2.75) is 17.9 Å². The highest BCUT2D eigenvalue weighted by atomic mass is 32.2. The van der Waals surface area contributed by atoms with Crippen LogP contribution in [0.25, 0.3) is 0 Å². The van der Waals surface area contributed by atoms with Crippen LogP contribution in [-0.2, 0) is 14.8 Å². The highest BCUT2D eigenvalue weighted by Gasteiger charge is 2.25. The molecule has 0 bridgehead atoms. The molecule has 1 amide bonds. The molecule has 0 saturated carbocycles. The summed E-state index contributed by atoms with van der Waals surface area (Å²) >= 11 is 0. The van der Waals surface area contributed by atoms with Gasteiger partial charge in [-0.05, 0) is 19.1 Å². The minimum atomic E-state index is -4.03. The fourth-order valence-corrected chi connectivity index (χ4v) is 2.53. The zero-order valence-corrected chi connectivity index (χ0v) is 11.3. The number of aryl methyl sites for hydroxylation is 1. The summed E-state index contributed by atoms with van der Waals surface area (Å²) < 4.78 is 25.8. The van der Waals surface area contributed by atoms with Gasteiger partial charge in [0.2, 0.25) is 10.0 Å². The zero-order chi connectivity index (χ0) is 15.3. The molecule has 1 aromatic rings. The third-order valence-corrected chi connectivity index (χ3v) is 3.87. The van der Waals surface area contributed by atoms with Crippen LogP contribution in [0.15, 0.2) is 29.2 Å². The minimum Gasteiger partial charge on any atom is -0.480 e. The molecule has 1 rings (SSSR count). The van der Waals surface area contributed by atoms with Gasteiger partial charge in [-0.2, -0.15) is 4.72 Å². The summed E-state index contributed by atoms with van der Waals surface area (Å²) in [6, 6.07) is 4.22. The van der Waals surface area contributed by atoms with E-state index in [4.69, 9.17) is 10.2 Å². The largest absolute Gasteiger partial charge is 0.480 e. The van der Waals surface area contributed by atoms with Gasteiger partial charge in [-0.25, -0.2) is 13.2 Å². The molecule has 20 heavy (non-hydrogen) atoms. The van der Waals surface area contributed by atoms with Gasteiger partial charge in [0.05, 0.1) is 4.90 Å². The van der Waals surface area contributed by atoms with E-state index in [1.165, 1.54) is 12.1 Å². The van der Waals surface area contributed by atoms with Crippen molar-refractivity contribution < 1.29 is 28.2 Å². The number of carboxylic acids is 1. The van der Waals surface area contributed by atoms with E-state index in [0.29, 0.717) is 0 Å². The van der Waals surface area contributed by atoms with Crippen LogP contribution >= 0.6 is 0 Å². The fraction of sp³-hybridized carbons (Fsp3) is 0.273. The van der Waals surface area contributed by atoms with E-state index in [-0.39, 0.29) is 4.90 Å². The Hall–Kier alpha value is -2.13. The van der Waals surface area contributed by atoms with Gasteiger partial charge in [0.15, 0.2) is 0 Å². The average Bonchev–Trinajstić information content (AvgIpc) is 2.34. The summed E-state index contributed by atoms with van der Waals surface area (Å²) in [5.74, 6) is -1.48. The standard InChI is InChI=1S/C11H14N2O6S/c1-7-2-4-8(5-3-7)20(18,19)13-9(10(14)15)6-12-11(16)17/h2-5,9,12-13H,6H2,1H3,(H,14,15)(H,16,17)/t9-/m0/s1. The molecule has 0 saturated heterocycles. The number of amides is 1. The number of nitrogens with one attached hydrogen (secondary N) is 2. The molecule has 110 valence electrons. The molecule has 0 radical (unpaired) electrons. The van der Waals surface area contributed by atoms with E-state index in [1.807, 2.05) is 10.0 Å². The molecule has 0 unspecified atom stereocenters. The van der Waals surface area contributed by atoms with Crippen LogP contribution in [0.3, 0.4) is 0 Å². The second-order valence-corrected chi connectivity index (χ2v) is 5.73. The molecule has 1 aromatic carbocycles. The maximum atomic E-state index is 12.0. The molecule has 0 aliphatic carbocycles. The third kappa shape index (κ3) is 4.52. The summed E-state index contributed by atoms with van der Waals surface area (Å²) in [7, 11) is -4.03. The number of sulfonamides is 1. The monoisotopic (exact) mass is 302 g/mol. The van der Waals surface area contributed by atoms with E-state index in [9.17, 15) is 18.0 Å². The Morgan fingerprint density at radius 2 is 1.75 bits per heavy atom. The van der Waals surface area contributed by atoms with Crippen LogP contribution < -0.4 is 10.0 Å². The van der Waals surface area contributed by atoms with Crippen LogP contribution in [0, 0.1) is 6.92 Å². The van der Waals surface area contributed by atoms with Gasteiger partial charge in [0.1, 0.15) is 6.04 Å². The smallest absolute Gasteiger partial charge is 0.404 e. The van der Waals surface area contributed by atoms with Gasteiger partial charge in [0.25, 0.3) is 0 Å². The molecular weight excluding hydrogens is 288 g/mol. The second-order valence-electron chi connectivity index (χ2n) is 4.01. The topological polar surface area (TPSA) is 133 Å². The van der Waals surface area contributed by atoms with Gasteiger partial charge in [0, 0.05) is 6.54 Å². The van der Waals surface area contributed by atoms with Gasteiger partial charge in [-0.1, -0.05) is 17.7 Å². The number of hydrogen-bond donors (Lipinski definition) is 4. The summed E-state index contributed by atoms with van der Waals surface area (Å²) in [5.41, 5.74) is 0.853. The molecule has 0 spiro atoms. The Kier molecular flexibility index (Phi) is 5.06. The highest BCUT2D eigenvalue weighted by molar-refractivity contribution is 7.89. The van der Waals surface area contributed by atoms with Gasteiger partial charge < -0.3 is 15.5 Å². The molecule has 0 aliphatic rings. The SMILES string of the molecule is Cc1ccc(S(=O)(=O)N[C@@H](CNC(=O)O)C(=O)O)cc1. The van der Waals surface area contributed by atoms with Crippen LogP contribution in [0.4, 0.5) is 4.79 Å². The third-order valence-electron chi connectivity index (χ3n) is 2.38. The number of carboxylic acid groups (broad SMARTS) is 2. The summed E-state index contributed by atoms with van der Waals surface area (Å²) in [6.07, 6.45) is -1.44. The second kappa shape index (κ2) is 6.35. The molecular formula is C11H14N2O6S. The summed E-state index contributed by atoms with van der Waals surface area (Å²) in [6.45, 7) is 1.20. The first kappa shape index (κ1) is 15.9. The predicted octanol–water partition coefficient (Wildman–Crippen LogP) is -0.00588. The van der Waals surface area contributed by atoms with E-state index in [2.05, 4.69) is 0 Å². The van der Waals surface area contributed by atoms with Crippen LogP contribution in [-0.4, -0.2) is 43.3 Å². The molecule has 0 fully saturated rings. The van der Waals surface area contributed by atoms with Crippen molar-refractivity contribution in [2.24, 2.45) is 0 Å². The lowest BCUT2D eigenvalue weighted by Crippen LogP contribution is -2.48. The minimum absolute atomic E-state index is 0.0929. The molecule has 0 aromatic heterocycles. The van der Waals surface area contributed by atoms with Crippen molar-refractivity contribution in [1.82, 2.24) is 10.0 Å². The Morgan fingerprint density at radius 3 is 2.20 bits per heavy atom. The predicted molar refractivity (Wildman–Crippen MR) is 69.0 cm³/mol. The van der Waals surface area contributed by atoms with Gasteiger partial charge >= 0.3 is 12.1 Å². The molecule has 1 atom stereocenters. The van der Waals surface area contributed by atoms with Crippen molar-refractivity contribution >= 4 is 22.1 Å². The van der Waals surface area contributed by atoms with Crippen molar-refractivity contribution in [3.05, 3.63) is 29.8 Å². The molecule has 9 heteroatoms. The quantitative estimate of drug-likeness (QED) is 0.584. The first-order chi connectivity index (χ1) is 9.22. The van der Waals surface area contributed by atoms with E-state index in [1.54, 1.807) is 19.1 Å². The molecule has 0 aliphatic heterocycles. The number of rotatable bonds is 6. The average molecular weight is 302 g/mol. The molecule has 4 N–H and O–H groups in total. The number of carbonyl (C=O) groups is 2. The van der Waals surface area contributed by atoms with Crippen molar-refractivity contribution in [1.29, 1.82) is 0 Å². The lowest BCUT2D eigenvalue weighted by molar-refractivity contribution is -0.138. The Balaban J connectivity index is 2.88. The van der Waals surface area contributed by atoms with Crippen molar-refractivity contribution in [3.8, 4) is 0 Å². The van der Waals surface area contributed by atoms with Gasteiger partial charge in [-0.3, -0.25) is 4.79 Å². The maximum absolute atomic E-state index is 12.0. The van der Waals surface area contributed by atoms with E-state index in [0.717, 1.165) is 5.56 Å². The zero-order valence-electron chi connectivity index (χ0n) is 10.5. The lowest BCUT2D eigenvalue weighted by atomic mass is 10.2. The molecule has 0 heterocycles. The van der Waals surface area contributed by atoms with Crippen LogP contribution in [0.1, 0.15) is 5.56 Å². The lowest BCUT2D eigenvalue weighted by Gasteiger charge is -2.14. The number of benzene rings is 1.